The van der Waals surface area contributed by atoms with Crippen molar-refractivity contribution in [2.24, 2.45) is 0 Å². The molecule has 3 N–H and O–H groups in total. The first-order valence-electron chi connectivity index (χ1n) is 22.6. The first kappa shape index (κ1) is 54.1. The molecule has 3 fully saturated rings. The molecule has 0 aliphatic carbocycles. The molecule has 68 heavy (non-hydrogen) atoms. The largest absolute Gasteiger partial charge is 0.504 e. The third-order valence-electron chi connectivity index (χ3n) is 13.0. The summed E-state index contributed by atoms with van der Waals surface area (Å²) < 4.78 is 105. The molecule has 3 aliphatic rings. The lowest BCUT2D eigenvalue weighted by atomic mass is 9.96. The normalized spacial score (nSPS) is 18.4. The monoisotopic (exact) mass is 1060 g/mol. The summed E-state index contributed by atoms with van der Waals surface area (Å²) in [5.41, 5.74) is 6.53. The van der Waals surface area contributed by atoms with Crippen LogP contribution in [0.3, 0.4) is 0 Å². The molecule has 0 spiro atoms. The zero-order valence-electron chi connectivity index (χ0n) is 39.7. The second-order valence-electron chi connectivity index (χ2n) is 19.5. The van der Waals surface area contributed by atoms with Gasteiger partial charge < -0.3 is 33.9 Å². The van der Waals surface area contributed by atoms with Crippen molar-refractivity contribution >= 4 is 92.2 Å². The molecule has 0 radical (unpaired) electrons. The minimum Gasteiger partial charge on any atom is -0.504 e. The van der Waals surface area contributed by atoms with Crippen LogP contribution in [-0.4, -0.2) is 94.7 Å². The Morgan fingerprint density at radius 3 is 1.40 bits per heavy atom. The maximum Gasteiger partial charge on any atom is 0.200 e. The Balaban J connectivity index is 0.000000169. The number of nitrogens with zero attached hydrogens (tertiary/aromatic N) is 2. The average Bonchev–Trinajstić information content (AvgIpc) is 3.94. The summed E-state index contributed by atoms with van der Waals surface area (Å²) in [6.07, 6.45) is 3.56. The maximum absolute atomic E-state index is 13.6. The predicted octanol–water partition coefficient (Wildman–Crippen LogP) is 10.6. The molecule has 8 rings (SSSR count). The van der Waals surface area contributed by atoms with E-state index >= 15 is 0 Å². The number of benzene rings is 3. The van der Waals surface area contributed by atoms with Crippen LogP contribution in [0.25, 0.3) is 22.2 Å². The lowest BCUT2D eigenvalue weighted by molar-refractivity contribution is 0.0735. The van der Waals surface area contributed by atoms with Crippen LogP contribution in [-0.2, 0) is 54.6 Å². The van der Waals surface area contributed by atoms with Crippen LogP contribution in [0, 0.1) is 0 Å². The first-order valence-corrected chi connectivity index (χ1v) is 28.3. The molecule has 0 atom stereocenters. The van der Waals surface area contributed by atoms with Crippen LogP contribution in [0.2, 0.25) is 15.1 Å². The standard InChI is InChI=1S/C18H24ClNO4S.C16H20ClNO4S.C13H18ClNO4S/c1-5-18(8-10-23-11-9-18)25(21,22)15-12(19)6-7-13-14(15)24-16(20-13)17(2,3)4;1-16(2,3)15-18-12-5-4-11(17)14(13(12)22-15)23(19,20)10-6-8-21-9-7-10;1-2-13(5-7-19-8-6-13)20(17,18)12-9(14)3-4-10(15)11(12)16/h6-7H,5,8-11H2,1-4H3;4-5,10H,6-9H2,1-3H3;3-4,16H,2,5-8,15H2,1H3. The smallest absolute Gasteiger partial charge is 0.200 e. The van der Waals surface area contributed by atoms with E-state index < -0.39 is 50.0 Å². The second-order valence-corrected chi connectivity index (χ2v) is 27.4. The third-order valence-corrected chi connectivity index (χ3v) is 22.2. The Hall–Kier alpha value is -3.20. The van der Waals surface area contributed by atoms with Gasteiger partial charge in [0.2, 0.25) is 11.8 Å². The molecule has 2 aromatic heterocycles. The third kappa shape index (κ3) is 10.4. The molecule has 21 heteroatoms. The highest BCUT2D eigenvalue weighted by atomic mass is 35.5. The van der Waals surface area contributed by atoms with Gasteiger partial charge in [0.1, 0.15) is 25.7 Å². The molecule has 15 nitrogen and oxygen atoms in total. The molecule has 0 bridgehead atoms. The Kier molecular flexibility index (Phi) is 16.3. The van der Waals surface area contributed by atoms with Crippen molar-refractivity contribution in [3.63, 3.8) is 0 Å². The number of phenolic OH excluding ortho intramolecular Hbond substituents is 1. The topological polar surface area (TPSA) is 228 Å². The summed E-state index contributed by atoms with van der Waals surface area (Å²) in [4.78, 5) is 8.78. The first-order chi connectivity index (χ1) is 31.7. The number of hydrogen-bond acceptors (Lipinski definition) is 15. The van der Waals surface area contributed by atoms with Gasteiger partial charge in [0.25, 0.3) is 0 Å². The number of hydrogen-bond donors (Lipinski definition) is 2. The van der Waals surface area contributed by atoms with Crippen molar-refractivity contribution in [1.82, 2.24) is 9.97 Å². The second kappa shape index (κ2) is 20.5. The number of rotatable bonds is 8. The van der Waals surface area contributed by atoms with E-state index in [1.807, 2.05) is 55.4 Å². The van der Waals surface area contributed by atoms with Gasteiger partial charge in [0.15, 0.2) is 46.4 Å². The van der Waals surface area contributed by atoms with E-state index in [0.717, 1.165) is 0 Å². The molecule has 3 aliphatic heterocycles. The lowest BCUT2D eigenvalue weighted by Crippen LogP contribution is -2.43. The van der Waals surface area contributed by atoms with Crippen molar-refractivity contribution in [3.8, 4) is 5.75 Å². The van der Waals surface area contributed by atoms with Crippen molar-refractivity contribution in [3.05, 3.63) is 63.2 Å². The van der Waals surface area contributed by atoms with Crippen LogP contribution in [0.15, 0.2) is 59.9 Å². The highest BCUT2D eigenvalue weighted by Gasteiger charge is 2.48. The quantitative estimate of drug-likeness (QED) is 0.109. The van der Waals surface area contributed by atoms with E-state index in [-0.39, 0.29) is 57.4 Å². The Morgan fingerprint density at radius 2 is 0.971 bits per heavy atom. The van der Waals surface area contributed by atoms with E-state index in [4.69, 9.17) is 63.6 Å². The molecule has 376 valence electrons. The number of anilines is 1. The number of phenols is 1. The highest BCUT2D eigenvalue weighted by Crippen LogP contribution is 2.46. The van der Waals surface area contributed by atoms with Crippen LogP contribution in [0.4, 0.5) is 5.69 Å². The van der Waals surface area contributed by atoms with Gasteiger partial charge in [-0.05, 0) is 87.8 Å². The number of ether oxygens (including phenoxy) is 3. The van der Waals surface area contributed by atoms with Gasteiger partial charge in [0.05, 0.1) is 35.5 Å². The summed E-state index contributed by atoms with van der Waals surface area (Å²) in [6.45, 7) is 18.1. The maximum atomic E-state index is 13.6. The van der Waals surface area contributed by atoms with Gasteiger partial charge in [-0.3, -0.25) is 0 Å². The molecule has 3 saturated heterocycles. The van der Waals surface area contributed by atoms with E-state index in [1.165, 1.54) is 12.1 Å². The van der Waals surface area contributed by atoms with Crippen molar-refractivity contribution in [1.29, 1.82) is 0 Å². The molecule has 0 amide bonds. The van der Waals surface area contributed by atoms with Crippen molar-refractivity contribution < 1.29 is 53.4 Å². The molecule has 0 unspecified atom stereocenters. The number of fused-ring (bicyclic) bond motifs is 2. The number of nitrogen functional groups attached to an aromatic ring is 1. The fourth-order valence-electron chi connectivity index (χ4n) is 8.56. The van der Waals surface area contributed by atoms with Gasteiger partial charge in [-0.15, -0.1) is 0 Å². The number of aromatic hydroxyl groups is 1. The van der Waals surface area contributed by atoms with Crippen LogP contribution < -0.4 is 5.73 Å². The SMILES string of the molecule is CC(C)(C)c1nc2ccc(Cl)c(S(=O)(=O)C3CCOCC3)c2o1.CCC1(S(=O)(=O)c2c(Cl)ccc(N)c2O)CCOCC1.CCC1(S(=O)(=O)c2c(Cl)ccc3nc(C(C)(C)C)oc23)CCOCC1. The fourth-order valence-corrected chi connectivity index (χ4v) is 16.3. The molecule has 3 aromatic carbocycles. The molecule has 0 saturated carbocycles. The summed E-state index contributed by atoms with van der Waals surface area (Å²) in [5, 5.41) is 9.90. The van der Waals surface area contributed by atoms with E-state index in [0.29, 0.717) is 114 Å². The number of oxazole rings is 2. The molecular weight excluding hydrogens is 1000 g/mol. The lowest BCUT2D eigenvalue weighted by Gasteiger charge is -2.36. The van der Waals surface area contributed by atoms with Gasteiger partial charge in [0, 0.05) is 50.5 Å². The van der Waals surface area contributed by atoms with Crippen LogP contribution >= 0.6 is 34.8 Å². The molecule has 5 aromatic rings. The van der Waals surface area contributed by atoms with Crippen LogP contribution in [0.5, 0.6) is 5.75 Å². The van der Waals surface area contributed by atoms with E-state index in [1.54, 1.807) is 24.3 Å². The number of nitrogens with two attached hydrogens (primary N) is 1. The Morgan fingerprint density at radius 1 is 0.603 bits per heavy atom. The number of sulfone groups is 3. The summed E-state index contributed by atoms with van der Waals surface area (Å²) in [5.74, 6) is 0.536. The van der Waals surface area contributed by atoms with Gasteiger partial charge >= 0.3 is 0 Å². The summed E-state index contributed by atoms with van der Waals surface area (Å²) in [6, 6.07) is 9.35. The number of halogens is 3. The van der Waals surface area contributed by atoms with Gasteiger partial charge in [-0.25, -0.2) is 35.2 Å². The van der Waals surface area contributed by atoms with E-state index in [9.17, 15) is 30.4 Å². The van der Waals surface area contributed by atoms with Crippen molar-refractivity contribution in [2.45, 2.75) is 147 Å². The summed E-state index contributed by atoms with van der Waals surface area (Å²) in [7, 11) is -11.1. The van der Waals surface area contributed by atoms with Gasteiger partial charge in [-0.1, -0.05) is 90.2 Å². The van der Waals surface area contributed by atoms with E-state index in [2.05, 4.69) is 9.97 Å². The van der Waals surface area contributed by atoms with Crippen molar-refractivity contribution in [2.75, 3.05) is 45.4 Å². The predicted molar refractivity (Wildman–Crippen MR) is 265 cm³/mol. The Labute approximate surface area is 414 Å². The molecular formula is C47H62Cl3N3O12S3. The van der Waals surface area contributed by atoms with Gasteiger partial charge in [-0.2, -0.15) is 0 Å². The minimum absolute atomic E-state index is 0.00369. The highest BCUT2D eigenvalue weighted by molar-refractivity contribution is 7.93. The fraction of sp³-hybridized carbons (Fsp3) is 0.574. The Bertz CT molecular complexity index is 2960. The molecule has 5 heterocycles. The zero-order valence-corrected chi connectivity index (χ0v) is 44.4. The summed E-state index contributed by atoms with van der Waals surface area (Å²) >= 11 is 18.6. The van der Waals surface area contributed by atoms with Crippen LogP contribution in [0.1, 0.15) is 119 Å². The minimum atomic E-state index is -3.80. The zero-order chi connectivity index (χ0) is 50.3. The average molecular weight is 1060 g/mol. The number of aromatic nitrogens is 2.